The zero-order valence-electron chi connectivity index (χ0n) is 21.4. The summed E-state index contributed by atoms with van der Waals surface area (Å²) < 4.78 is 0. The standard InChI is InChI=1S/C30H37.2ClH.Zr/c1-9-20-17-23(28(3,4)5)18-22-19-25-24(26(20)22)15-16-30(10-2,29(6,7)8)27(25)21-13-11-12-14-21;;;/h11-13,15-18H,9-10,14H2,1-8H3;2*1H;/q-1;;;+3/p-2. The van der Waals surface area contributed by atoms with Gasteiger partial charge in [-0.1, -0.05) is 114 Å². The molecule has 4 rings (SSSR count). The maximum atomic E-state index is 3.93. The van der Waals surface area contributed by atoms with Gasteiger partial charge in [-0.3, -0.25) is 0 Å². The Hall–Kier alpha value is -0.617. The molecule has 0 N–H and O–H groups in total. The predicted octanol–water partition coefficient (Wildman–Crippen LogP) is 0.569. The zero-order chi connectivity index (χ0) is 21.9. The van der Waals surface area contributed by atoms with Gasteiger partial charge in [0.15, 0.2) is 0 Å². The molecule has 1 atom stereocenters. The van der Waals surface area contributed by atoms with E-state index in [-0.39, 0.29) is 67.3 Å². The van der Waals surface area contributed by atoms with Crippen LogP contribution in [0, 0.1) is 10.8 Å². The third-order valence-corrected chi connectivity index (χ3v) is 7.48. The van der Waals surface area contributed by atoms with Gasteiger partial charge in [0.25, 0.3) is 0 Å². The van der Waals surface area contributed by atoms with Crippen LogP contribution < -0.4 is 35.3 Å². The number of hydrogen-bond donors (Lipinski definition) is 0. The van der Waals surface area contributed by atoms with Crippen LogP contribution >= 0.6 is 0 Å². The first-order chi connectivity index (χ1) is 14.0. The van der Waals surface area contributed by atoms with E-state index in [9.17, 15) is 0 Å². The van der Waals surface area contributed by atoms with Crippen LogP contribution in [-0.2, 0) is 38.0 Å². The van der Waals surface area contributed by atoms with Crippen molar-refractivity contribution >= 4 is 11.6 Å². The SMILES string of the molecule is CCc1cc(C(C)(C)C)cc2c1=C1C=CC(CC)(C(C)(C)C)C(C3=CC=CC3)=C1[C-]=2.[Cl-].[Cl-].[Zr+3]. The second-order valence-electron chi connectivity index (χ2n) is 11.2. The summed E-state index contributed by atoms with van der Waals surface area (Å²) >= 11 is 0. The van der Waals surface area contributed by atoms with Crippen LogP contribution in [0.2, 0.25) is 0 Å². The monoisotopic (exact) mass is 557 g/mol. The molecule has 3 aliphatic carbocycles. The fourth-order valence-corrected chi connectivity index (χ4v) is 5.58. The maximum absolute atomic E-state index is 3.93. The molecule has 0 heterocycles. The van der Waals surface area contributed by atoms with Gasteiger partial charge in [-0.05, 0) is 35.5 Å². The van der Waals surface area contributed by atoms with Crippen LogP contribution in [0.3, 0.4) is 0 Å². The van der Waals surface area contributed by atoms with Gasteiger partial charge < -0.3 is 24.8 Å². The molecule has 33 heavy (non-hydrogen) atoms. The van der Waals surface area contributed by atoms with Gasteiger partial charge in [0.05, 0.1) is 0 Å². The molecule has 175 valence electrons. The van der Waals surface area contributed by atoms with Crippen LogP contribution in [0.5, 0.6) is 0 Å². The van der Waals surface area contributed by atoms with Gasteiger partial charge in [-0.25, -0.2) is 0 Å². The van der Waals surface area contributed by atoms with Crippen molar-refractivity contribution in [3.8, 4) is 0 Å². The molecular weight excluding hydrogens is 522 g/mol. The summed E-state index contributed by atoms with van der Waals surface area (Å²) in [5.41, 5.74) is 8.89. The Labute approximate surface area is 233 Å². The molecule has 1 aromatic carbocycles. The van der Waals surface area contributed by atoms with E-state index in [4.69, 9.17) is 0 Å². The molecule has 0 amide bonds. The number of halogens is 2. The second-order valence-corrected chi connectivity index (χ2v) is 11.2. The summed E-state index contributed by atoms with van der Waals surface area (Å²) in [5.74, 6) is 0. The Morgan fingerprint density at radius 3 is 2.15 bits per heavy atom. The molecule has 1 aromatic rings. The topological polar surface area (TPSA) is 0 Å². The van der Waals surface area contributed by atoms with Crippen LogP contribution in [-0.4, -0.2) is 0 Å². The Morgan fingerprint density at radius 1 is 1.00 bits per heavy atom. The molecular formula is C30H37Cl2Zr. The minimum absolute atomic E-state index is 0. The average Bonchev–Trinajstić information content (AvgIpc) is 3.31. The Bertz CT molecular complexity index is 1150. The van der Waals surface area contributed by atoms with Crippen LogP contribution in [0.1, 0.15) is 79.4 Å². The minimum atomic E-state index is 0. The summed E-state index contributed by atoms with van der Waals surface area (Å²) in [5, 5.41) is 2.71. The summed E-state index contributed by atoms with van der Waals surface area (Å²) in [7, 11) is 0. The van der Waals surface area contributed by atoms with Gasteiger partial charge in [-0.2, -0.15) is 0 Å². The van der Waals surface area contributed by atoms with E-state index in [2.05, 4.69) is 104 Å². The van der Waals surface area contributed by atoms with Gasteiger partial charge in [-0.15, -0.1) is 33.7 Å². The number of benzene rings is 1. The molecule has 3 aliphatic rings. The Morgan fingerprint density at radius 2 is 1.67 bits per heavy atom. The molecule has 1 radical (unpaired) electrons. The smallest absolute Gasteiger partial charge is 1.00 e. The van der Waals surface area contributed by atoms with Gasteiger partial charge in [0.2, 0.25) is 0 Å². The molecule has 1 unspecified atom stereocenters. The number of rotatable bonds is 3. The van der Waals surface area contributed by atoms with E-state index in [0.29, 0.717) is 0 Å². The van der Waals surface area contributed by atoms with Crippen molar-refractivity contribution in [1.29, 1.82) is 0 Å². The Kier molecular flexibility index (Phi) is 9.73. The first kappa shape index (κ1) is 30.4. The molecule has 0 nitrogen and oxygen atoms in total. The zero-order valence-corrected chi connectivity index (χ0v) is 25.4. The molecule has 0 bridgehead atoms. The van der Waals surface area contributed by atoms with Gasteiger partial charge in [0.1, 0.15) is 0 Å². The first-order valence-electron chi connectivity index (χ1n) is 11.7. The van der Waals surface area contributed by atoms with E-state index in [1.54, 1.807) is 0 Å². The molecule has 0 fully saturated rings. The third kappa shape index (κ3) is 4.90. The minimum Gasteiger partial charge on any atom is -1.00 e. The van der Waals surface area contributed by atoms with Crippen molar-refractivity contribution in [2.45, 2.75) is 80.1 Å². The van der Waals surface area contributed by atoms with Crippen molar-refractivity contribution in [2.75, 3.05) is 0 Å². The van der Waals surface area contributed by atoms with E-state index < -0.39 is 0 Å². The number of fused-ring (bicyclic) bond motifs is 2. The van der Waals surface area contributed by atoms with Gasteiger partial charge in [0, 0.05) is 0 Å². The van der Waals surface area contributed by atoms with Crippen molar-refractivity contribution in [3.05, 3.63) is 80.8 Å². The molecule has 0 saturated carbocycles. The van der Waals surface area contributed by atoms with Crippen molar-refractivity contribution in [3.63, 3.8) is 0 Å². The van der Waals surface area contributed by atoms with Crippen molar-refractivity contribution in [2.24, 2.45) is 10.8 Å². The van der Waals surface area contributed by atoms with E-state index in [0.717, 1.165) is 19.3 Å². The van der Waals surface area contributed by atoms with Crippen LogP contribution in [0.4, 0.5) is 0 Å². The fourth-order valence-electron chi connectivity index (χ4n) is 5.58. The number of allylic oxidation sites excluding steroid dienone is 8. The first-order valence-corrected chi connectivity index (χ1v) is 11.7. The predicted molar refractivity (Wildman–Crippen MR) is 131 cm³/mol. The van der Waals surface area contributed by atoms with Crippen LogP contribution in [0.15, 0.2) is 59.2 Å². The van der Waals surface area contributed by atoms with Crippen molar-refractivity contribution < 1.29 is 51.0 Å². The summed E-state index contributed by atoms with van der Waals surface area (Å²) in [6.45, 7) is 18.7. The van der Waals surface area contributed by atoms with E-state index in [1.165, 1.54) is 43.9 Å². The Balaban J connectivity index is 0.00000181. The van der Waals surface area contributed by atoms with E-state index >= 15 is 0 Å². The van der Waals surface area contributed by atoms with Crippen LogP contribution in [0.25, 0.3) is 11.6 Å². The largest absolute Gasteiger partial charge is 3.00 e. The molecule has 0 saturated heterocycles. The maximum Gasteiger partial charge on any atom is 3.00 e. The summed E-state index contributed by atoms with van der Waals surface area (Å²) in [6.07, 6.45) is 18.9. The number of aryl methyl sites for hydroxylation is 1. The quantitative estimate of drug-likeness (QED) is 0.476. The fraction of sp³-hybridized carbons (Fsp3) is 0.467. The molecule has 0 aliphatic heterocycles. The van der Waals surface area contributed by atoms with Crippen molar-refractivity contribution in [1.82, 2.24) is 0 Å². The normalized spacial score (nSPS) is 20.8. The van der Waals surface area contributed by atoms with Gasteiger partial charge >= 0.3 is 26.2 Å². The molecule has 3 heteroatoms. The third-order valence-electron chi connectivity index (χ3n) is 7.48. The summed E-state index contributed by atoms with van der Waals surface area (Å²) in [4.78, 5) is 0. The van der Waals surface area contributed by atoms with E-state index in [1.807, 2.05) is 0 Å². The average molecular weight is 560 g/mol. The number of hydrogen-bond acceptors (Lipinski definition) is 0. The summed E-state index contributed by atoms with van der Waals surface area (Å²) in [6, 6.07) is 4.83. The molecule has 0 aromatic heterocycles. The molecule has 0 spiro atoms. The second kappa shape index (κ2) is 10.6.